The fraction of sp³-hybridized carbons (Fsp3) is 0.0556. The first kappa shape index (κ1) is 15.7. The minimum atomic E-state index is -0.617. The van der Waals surface area contributed by atoms with Crippen LogP contribution in [0.1, 0.15) is 5.56 Å². The van der Waals surface area contributed by atoms with Gasteiger partial charge in [-0.1, -0.05) is 30.3 Å². The van der Waals surface area contributed by atoms with Gasteiger partial charge in [-0.25, -0.2) is 0 Å². The Balaban J connectivity index is 1.64. The van der Waals surface area contributed by atoms with E-state index in [0.717, 1.165) is 16.7 Å². The van der Waals surface area contributed by atoms with Gasteiger partial charge in [-0.2, -0.15) is 0 Å². The summed E-state index contributed by atoms with van der Waals surface area (Å²) in [6, 6.07) is 11.7. The van der Waals surface area contributed by atoms with Crippen molar-refractivity contribution in [3.05, 3.63) is 93.4 Å². The number of rotatable bonds is 4. The molecule has 0 bridgehead atoms. The van der Waals surface area contributed by atoms with Gasteiger partial charge in [0.15, 0.2) is 0 Å². The molecule has 3 heterocycles. The minimum absolute atomic E-state index is 0.0335. The number of nitrogens with zero attached hydrogens (tertiary/aromatic N) is 5. The van der Waals surface area contributed by atoms with Crippen molar-refractivity contribution in [2.45, 2.75) is 6.54 Å². The predicted molar refractivity (Wildman–Crippen MR) is 94.9 cm³/mol. The van der Waals surface area contributed by atoms with Crippen LogP contribution in [0.25, 0.3) is 16.8 Å². The maximum Gasteiger partial charge on any atom is 0.382 e. The molecule has 26 heavy (non-hydrogen) atoms. The zero-order valence-corrected chi connectivity index (χ0v) is 13.5. The molecular formula is C18H13N5O3. The van der Waals surface area contributed by atoms with E-state index in [-0.39, 0.29) is 17.0 Å². The molecule has 0 unspecified atom stereocenters. The molecule has 0 saturated heterocycles. The summed E-state index contributed by atoms with van der Waals surface area (Å²) < 4.78 is 2.84. The molecule has 0 radical (unpaired) electrons. The third-order valence-electron chi connectivity index (χ3n) is 4.07. The van der Waals surface area contributed by atoms with Crippen molar-refractivity contribution >= 4 is 11.5 Å². The van der Waals surface area contributed by atoms with E-state index < -0.39 is 4.92 Å². The lowest BCUT2D eigenvalue weighted by molar-refractivity contribution is -0.389. The van der Waals surface area contributed by atoms with Gasteiger partial charge < -0.3 is 14.7 Å². The lowest BCUT2D eigenvalue weighted by Gasteiger charge is -2.07. The van der Waals surface area contributed by atoms with Crippen molar-refractivity contribution in [2.75, 3.05) is 0 Å². The van der Waals surface area contributed by atoms with E-state index >= 15 is 0 Å². The Labute approximate surface area is 147 Å². The largest absolute Gasteiger partial charge is 0.382 e. The molecule has 4 rings (SSSR count). The number of benzene rings is 1. The monoisotopic (exact) mass is 347 g/mol. The number of hydrogen-bond acceptors (Lipinski definition) is 5. The fourth-order valence-electron chi connectivity index (χ4n) is 2.75. The van der Waals surface area contributed by atoms with Crippen molar-refractivity contribution in [3.8, 4) is 11.1 Å². The first-order valence-electron chi connectivity index (χ1n) is 7.84. The Kier molecular flexibility index (Phi) is 3.77. The van der Waals surface area contributed by atoms with E-state index in [2.05, 4.69) is 9.97 Å². The highest BCUT2D eigenvalue weighted by Gasteiger charge is 2.17. The minimum Gasteiger partial charge on any atom is -0.358 e. The maximum atomic E-state index is 12.5. The zero-order chi connectivity index (χ0) is 18.1. The average Bonchev–Trinajstić information content (AvgIpc) is 3.11. The Morgan fingerprint density at radius 2 is 1.88 bits per heavy atom. The molecule has 128 valence electrons. The van der Waals surface area contributed by atoms with Crippen LogP contribution in [0.2, 0.25) is 0 Å². The maximum absolute atomic E-state index is 12.5. The first-order valence-corrected chi connectivity index (χ1v) is 7.84. The number of fused-ring (bicyclic) bond motifs is 1. The number of imidazole rings is 1. The molecule has 8 nitrogen and oxygen atoms in total. The number of pyridine rings is 1. The van der Waals surface area contributed by atoms with Crippen LogP contribution in [0.5, 0.6) is 0 Å². The standard InChI is InChI=1S/C18H13N5O3/c24-18-17-20-16(23(25)26)12-21(17)8-9-22(18)11-13-3-5-14(6-4-13)15-2-1-7-19-10-15/h1-10,12H,11H2. The lowest BCUT2D eigenvalue weighted by atomic mass is 10.1. The van der Waals surface area contributed by atoms with Gasteiger partial charge in [0, 0.05) is 24.8 Å². The van der Waals surface area contributed by atoms with Crippen LogP contribution in [0.4, 0.5) is 5.82 Å². The summed E-state index contributed by atoms with van der Waals surface area (Å²) in [5.41, 5.74) is 2.64. The highest BCUT2D eigenvalue weighted by molar-refractivity contribution is 5.62. The van der Waals surface area contributed by atoms with Gasteiger partial charge >= 0.3 is 17.0 Å². The highest BCUT2D eigenvalue weighted by Crippen LogP contribution is 2.18. The molecule has 0 aliphatic rings. The molecule has 0 aliphatic heterocycles. The van der Waals surface area contributed by atoms with Gasteiger partial charge in [0.05, 0.1) is 6.54 Å². The van der Waals surface area contributed by atoms with Crippen LogP contribution in [-0.2, 0) is 6.54 Å². The topological polar surface area (TPSA) is 95.3 Å². The molecule has 8 heteroatoms. The van der Waals surface area contributed by atoms with E-state index in [1.165, 1.54) is 15.2 Å². The quantitative estimate of drug-likeness (QED) is 0.417. The number of hydrogen-bond donors (Lipinski definition) is 0. The van der Waals surface area contributed by atoms with Crippen LogP contribution >= 0.6 is 0 Å². The second-order valence-electron chi connectivity index (χ2n) is 5.76. The second-order valence-corrected chi connectivity index (χ2v) is 5.76. The van der Waals surface area contributed by atoms with Gasteiger partial charge in [0.25, 0.3) is 0 Å². The van der Waals surface area contributed by atoms with E-state index in [4.69, 9.17) is 0 Å². The smallest absolute Gasteiger partial charge is 0.358 e. The van der Waals surface area contributed by atoms with Gasteiger partial charge in [-0.3, -0.25) is 14.2 Å². The Morgan fingerprint density at radius 3 is 2.58 bits per heavy atom. The predicted octanol–water partition coefficient (Wildman–Crippen LogP) is 2.51. The summed E-state index contributed by atoms with van der Waals surface area (Å²) in [5, 5.41) is 10.8. The van der Waals surface area contributed by atoms with E-state index in [9.17, 15) is 14.9 Å². The molecular weight excluding hydrogens is 334 g/mol. The SMILES string of the molecule is O=c1c2nc([N+](=O)[O-])cn2ccn1Cc1ccc(-c2cccnc2)cc1. The summed E-state index contributed by atoms with van der Waals surface area (Å²) >= 11 is 0. The average molecular weight is 347 g/mol. The van der Waals surface area contributed by atoms with E-state index in [1.54, 1.807) is 24.8 Å². The Hall–Kier alpha value is -3.81. The molecule has 0 fully saturated rings. The van der Waals surface area contributed by atoms with Crippen LogP contribution in [0.3, 0.4) is 0 Å². The molecule has 0 spiro atoms. The molecule has 3 aromatic heterocycles. The third-order valence-corrected chi connectivity index (χ3v) is 4.07. The molecule has 0 atom stereocenters. The summed E-state index contributed by atoms with van der Waals surface area (Å²) in [5.74, 6) is -0.347. The van der Waals surface area contributed by atoms with Crippen molar-refractivity contribution in [1.82, 2.24) is 18.9 Å². The van der Waals surface area contributed by atoms with Crippen LogP contribution in [0.15, 0.2) is 72.2 Å². The summed E-state index contributed by atoms with van der Waals surface area (Å²) in [6.45, 7) is 0.351. The highest BCUT2D eigenvalue weighted by atomic mass is 16.6. The Bertz CT molecular complexity index is 1150. The van der Waals surface area contributed by atoms with Crippen LogP contribution < -0.4 is 5.56 Å². The molecule has 0 saturated carbocycles. The summed E-state index contributed by atoms with van der Waals surface area (Å²) in [4.78, 5) is 30.6. The van der Waals surface area contributed by atoms with Gasteiger partial charge in [0.1, 0.15) is 6.20 Å². The van der Waals surface area contributed by atoms with Crippen molar-refractivity contribution in [2.24, 2.45) is 0 Å². The van der Waals surface area contributed by atoms with E-state index in [1.807, 2.05) is 36.4 Å². The second kappa shape index (κ2) is 6.25. The van der Waals surface area contributed by atoms with Crippen LogP contribution in [-0.4, -0.2) is 23.9 Å². The molecule has 0 N–H and O–H groups in total. The number of nitro groups is 1. The molecule has 4 aromatic rings. The summed E-state index contributed by atoms with van der Waals surface area (Å²) in [6.07, 6.45) is 7.92. The van der Waals surface area contributed by atoms with Gasteiger partial charge in [-0.05, 0) is 32.7 Å². The number of aromatic nitrogens is 4. The van der Waals surface area contributed by atoms with Crippen molar-refractivity contribution in [3.63, 3.8) is 0 Å². The third kappa shape index (κ3) is 2.84. The molecule has 1 aromatic carbocycles. The Morgan fingerprint density at radius 1 is 1.08 bits per heavy atom. The fourth-order valence-corrected chi connectivity index (χ4v) is 2.75. The van der Waals surface area contributed by atoms with Gasteiger partial charge in [0.2, 0.25) is 0 Å². The first-order chi connectivity index (χ1) is 12.6. The summed E-state index contributed by atoms with van der Waals surface area (Å²) in [7, 11) is 0. The van der Waals surface area contributed by atoms with Gasteiger partial charge in [-0.15, -0.1) is 0 Å². The van der Waals surface area contributed by atoms with Crippen molar-refractivity contribution < 1.29 is 4.92 Å². The van der Waals surface area contributed by atoms with E-state index in [0.29, 0.717) is 6.54 Å². The lowest BCUT2D eigenvalue weighted by Crippen LogP contribution is -2.22. The zero-order valence-electron chi connectivity index (χ0n) is 13.5. The van der Waals surface area contributed by atoms with Crippen LogP contribution in [0, 0.1) is 10.1 Å². The normalized spacial score (nSPS) is 10.9. The molecule has 0 aliphatic carbocycles. The van der Waals surface area contributed by atoms with Crippen molar-refractivity contribution in [1.29, 1.82) is 0 Å². The molecule has 0 amide bonds.